The third-order valence-corrected chi connectivity index (χ3v) is 4.40. The Morgan fingerprint density at radius 1 is 1.30 bits per heavy atom. The first-order valence-corrected chi connectivity index (χ1v) is 7.16. The van der Waals surface area contributed by atoms with Gasteiger partial charge in [-0.05, 0) is 26.2 Å². The molecule has 4 rings (SSSR count). The van der Waals surface area contributed by atoms with Gasteiger partial charge >= 0.3 is 5.69 Å². The van der Waals surface area contributed by atoms with Crippen molar-refractivity contribution < 1.29 is 0 Å². The number of nitrogens with one attached hydrogen (secondary N) is 2. The maximum absolute atomic E-state index is 11.6. The molecule has 2 aromatic heterocycles. The van der Waals surface area contributed by atoms with Gasteiger partial charge < -0.3 is 10.2 Å². The third kappa shape index (κ3) is 1.81. The number of aromatic nitrogens is 4. The molecule has 2 unspecified atom stereocenters. The van der Waals surface area contributed by atoms with E-state index in [1.807, 2.05) is 13.0 Å². The Morgan fingerprint density at radius 3 is 3.05 bits per heavy atom. The maximum atomic E-state index is 11.6. The van der Waals surface area contributed by atoms with Crippen molar-refractivity contribution in [3.63, 3.8) is 0 Å². The molecule has 7 nitrogen and oxygen atoms in total. The average molecular weight is 274 g/mol. The fraction of sp³-hybridized carbons (Fsp3) is 0.615. The van der Waals surface area contributed by atoms with E-state index < -0.39 is 0 Å². The third-order valence-electron chi connectivity index (χ3n) is 4.40. The van der Waals surface area contributed by atoms with Gasteiger partial charge in [0, 0.05) is 31.2 Å². The molecule has 2 N–H and O–H groups in total. The molecule has 0 saturated carbocycles. The summed E-state index contributed by atoms with van der Waals surface area (Å²) in [5.74, 6) is 1.60. The van der Waals surface area contributed by atoms with Crippen LogP contribution in [-0.4, -0.2) is 44.8 Å². The van der Waals surface area contributed by atoms with E-state index >= 15 is 0 Å². The van der Waals surface area contributed by atoms with Gasteiger partial charge in [0.2, 0.25) is 0 Å². The Hall–Kier alpha value is -1.89. The smallest absolute Gasteiger partial charge is 0.349 e. The summed E-state index contributed by atoms with van der Waals surface area (Å²) in [4.78, 5) is 18.5. The Morgan fingerprint density at radius 2 is 2.15 bits per heavy atom. The highest BCUT2D eigenvalue weighted by Crippen LogP contribution is 2.24. The zero-order chi connectivity index (χ0) is 13.7. The zero-order valence-electron chi connectivity index (χ0n) is 11.5. The molecule has 0 radical (unpaired) electrons. The van der Waals surface area contributed by atoms with E-state index in [4.69, 9.17) is 0 Å². The van der Waals surface area contributed by atoms with Crippen molar-refractivity contribution in [2.45, 2.75) is 38.3 Å². The molecule has 4 heterocycles. The van der Waals surface area contributed by atoms with E-state index in [0.717, 1.165) is 25.3 Å². The van der Waals surface area contributed by atoms with Crippen LogP contribution in [0, 0.1) is 6.92 Å². The van der Waals surface area contributed by atoms with Crippen LogP contribution in [0.1, 0.15) is 25.1 Å². The summed E-state index contributed by atoms with van der Waals surface area (Å²) >= 11 is 0. The number of hydrogen-bond acceptors (Lipinski definition) is 5. The van der Waals surface area contributed by atoms with Crippen LogP contribution in [0.4, 0.5) is 5.82 Å². The molecule has 2 atom stereocenters. The van der Waals surface area contributed by atoms with Crippen LogP contribution in [0.5, 0.6) is 0 Å². The van der Waals surface area contributed by atoms with Gasteiger partial charge in [0.05, 0.1) is 0 Å². The van der Waals surface area contributed by atoms with Gasteiger partial charge in [0.1, 0.15) is 11.6 Å². The number of aromatic amines is 1. The highest BCUT2D eigenvalue weighted by Gasteiger charge is 2.30. The first kappa shape index (κ1) is 11.9. The van der Waals surface area contributed by atoms with Crippen LogP contribution in [0.25, 0.3) is 5.65 Å². The van der Waals surface area contributed by atoms with E-state index in [2.05, 4.69) is 25.4 Å². The highest BCUT2D eigenvalue weighted by atomic mass is 16.1. The van der Waals surface area contributed by atoms with Crippen LogP contribution >= 0.6 is 0 Å². The lowest BCUT2D eigenvalue weighted by Gasteiger charge is -2.25. The molecule has 20 heavy (non-hydrogen) atoms. The number of aryl methyl sites for hydroxylation is 1. The standard InChI is InChI=1S/C13H18N6O/c1-8-14-11(6-12-16-17-13(20)19(8)12)18-5-4-9-2-3-10(7-18)15-9/h6,9-10,15H,2-5,7H2,1H3,(H,17,20). The summed E-state index contributed by atoms with van der Waals surface area (Å²) in [5, 5.41) is 10.2. The summed E-state index contributed by atoms with van der Waals surface area (Å²) in [6, 6.07) is 3.11. The second kappa shape index (κ2) is 4.31. The van der Waals surface area contributed by atoms with Gasteiger partial charge in [-0.15, -0.1) is 0 Å². The molecule has 2 aromatic rings. The second-order valence-electron chi connectivity index (χ2n) is 5.76. The molecule has 0 amide bonds. The van der Waals surface area contributed by atoms with Gasteiger partial charge in [-0.2, -0.15) is 5.10 Å². The lowest BCUT2D eigenvalue weighted by molar-refractivity contribution is 0.563. The number of hydrogen-bond donors (Lipinski definition) is 2. The predicted molar refractivity (Wildman–Crippen MR) is 75.1 cm³/mol. The molecule has 2 fully saturated rings. The monoisotopic (exact) mass is 274 g/mol. The van der Waals surface area contributed by atoms with Crippen molar-refractivity contribution in [3.8, 4) is 0 Å². The number of rotatable bonds is 1. The molecule has 2 aliphatic rings. The van der Waals surface area contributed by atoms with Crippen molar-refractivity contribution in [3.05, 3.63) is 22.4 Å². The van der Waals surface area contributed by atoms with Crippen LogP contribution < -0.4 is 15.9 Å². The van der Waals surface area contributed by atoms with Crippen molar-refractivity contribution in [1.29, 1.82) is 0 Å². The number of anilines is 1. The Labute approximate surface area is 116 Å². The van der Waals surface area contributed by atoms with Crippen LogP contribution in [0.2, 0.25) is 0 Å². The molecule has 0 aliphatic carbocycles. The van der Waals surface area contributed by atoms with Gasteiger partial charge in [0.25, 0.3) is 0 Å². The first-order valence-electron chi connectivity index (χ1n) is 7.16. The van der Waals surface area contributed by atoms with Crippen LogP contribution in [0.15, 0.2) is 10.9 Å². The molecule has 2 bridgehead atoms. The van der Waals surface area contributed by atoms with Crippen LogP contribution in [-0.2, 0) is 0 Å². The van der Waals surface area contributed by atoms with E-state index in [1.54, 1.807) is 0 Å². The van der Waals surface area contributed by atoms with Crippen molar-refractivity contribution in [2.24, 2.45) is 0 Å². The molecule has 106 valence electrons. The van der Waals surface area contributed by atoms with Crippen LogP contribution in [0.3, 0.4) is 0 Å². The van der Waals surface area contributed by atoms with Gasteiger partial charge in [-0.3, -0.25) is 0 Å². The second-order valence-corrected chi connectivity index (χ2v) is 5.76. The summed E-state index contributed by atoms with van der Waals surface area (Å²) in [6.07, 6.45) is 3.68. The summed E-state index contributed by atoms with van der Waals surface area (Å²) in [6.45, 7) is 3.83. The predicted octanol–water partition coefficient (Wildman–Crippen LogP) is 0.0567. The van der Waals surface area contributed by atoms with Gasteiger partial charge in [-0.1, -0.05) is 0 Å². The normalized spacial score (nSPS) is 26.1. The molecule has 0 spiro atoms. The van der Waals surface area contributed by atoms with Crippen molar-refractivity contribution >= 4 is 11.5 Å². The average Bonchev–Trinajstić information content (AvgIpc) is 2.93. The number of H-pyrrole nitrogens is 1. The largest absolute Gasteiger partial charge is 0.355 e. The van der Waals surface area contributed by atoms with Crippen molar-refractivity contribution in [1.82, 2.24) is 24.9 Å². The lowest BCUT2D eigenvalue weighted by atomic mass is 10.1. The zero-order valence-corrected chi connectivity index (χ0v) is 11.5. The summed E-state index contributed by atoms with van der Waals surface area (Å²) in [5.41, 5.74) is 0.410. The Kier molecular flexibility index (Phi) is 2.56. The van der Waals surface area contributed by atoms with E-state index in [-0.39, 0.29) is 5.69 Å². The summed E-state index contributed by atoms with van der Waals surface area (Å²) in [7, 11) is 0. The molecule has 7 heteroatoms. The quantitative estimate of drug-likeness (QED) is 0.768. The minimum Gasteiger partial charge on any atom is -0.355 e. The fourth-order valence-electron chi connectivity index (χ4n) is 3.40. The van der Waals surface area contributed by atoms with E-state index in [9.17, 15) is 4.79 Å². The SMILES string of the molecule is Cc1nc(N2CCC3CCC(C2)N3)cc2n[nH]c(=O)n12. The molecule has 0 aromatic carbocycles. The lowest BCUT2D eigenvalue weighted by Crippen LogP contribution is -2.36. The maximum Gasteiger partial charge on any atom is 0.349 e. The molecule has 2 aliphatic heterocycles. The van der Waals surface area contributed by atoms with E-state index in [1.165, 1.54) is 17.2 Å². The molecular formula is C13H18N6O. The minimum atomic E-state index is -0.229. The molecule has 2 saturated heterocycles. The fourth-order valence-corrected chi connectivity index (χ4v) is 3.40. The topological polar surface area (TPSA) is 78.3 Å². The first-order chi connectivity index (χ1) is 9.70. The van der Waals surface area contributed by atoms with Gasteiger partial charge in [0.15, 0.2) is 5.65 Å². The minimum absolute atomic E-state index is 0.229. The number of nitrogens with zero attached hydrogens (tertiary/aromatic N) is 4. The van der Waals surface area contributed by atoms with Gasteiger partial charge in [-0.25, -0.2) is 19.3 Å². The summed E-state index contributed by atoms with van der Waals surface area (Å²) < 4.78 is 1.51. The highest BCUT2D eigenvalue weighted by molar-refractivity contribution is 5.51. The Bertz CT molecular complexity index is 704. The Balaban J connectivity index is 1.72. The van der Waals surface area contributed by atoms with Crippen molar-refractivity contribution in [2.75, 3.05) is 18.0 Å². The molecular weight excluding hydrogens is 256 g/mol. The number of fused-ring (bicyclic) bond motifs is 3. The van der Waals surface area contributed by atoms with E-state index in [0.29, 0.717) is 23.6 Å².